The van der Waals surface area contributed by atoms with Crippen molar-refractivity contribution in [1.29, 1.82) is 0 Å². The number of aromatic nitrogens is 2. The fourth-order valence-corrected chi connectivity index (χ4v) is 5.89. The number of anilines is 2. The zero-order chi connectivity index (χ0) is 31.5. The topological polar surface area (TPSA) is 103 Å². The van der Waals surface area contributed by atoms with Crippen LogP contribution in [0.2, 0.25) is 0 Å². The molecule has 4 aromatic rings. The number of hydrogen-bond acceptors (Lipinski definition) is 6. The summed E-state index contributed by atoms with van der Waals surface area (Å²) in [6, 6.07) is 15.0. The van der Waals surface area contributed by atoms with Crippen molar-refractivity contribution in [2.24, 2.45) is 10.7 Å². The van der Waals surface area contributed by atoms with Gasteiger partial charge in [0.15, 0.2) is 0 Å². The van der Waals surface area contributed by atoms with E-state index in [4.69, 9.17) is 10.7 Å². The molecule has 44 heavy (non-hydrogen) atoms. The van der Waals surface area contributed by atoms with Crippen LogP contribution in [0.5, 0.6) is 0 Å². The average molecular weight is 590 g/mol. The molecule has 1 aliphatic rings. The van der Waals surface area contributed by atoms with Crippen LogP contribution in [0, 0.1) is 6.92 Å². The number of fused-ring (bicyclic) bond motifs is 1. The number of carbonyl (C=O) groups excluding carboxylic acids is 1. The summed E-state index contributed by atoms with van der Waals surface area (Å²) in [5, 5.41) is 4.08. The molecule has 0 aliphatic carbocycles. The van der Waals surface area contributed by atoms with E-state index in [1.807, 2.05) is 32.2 Å². The Morgan fingerprint density at radius 3 is 2.41 bits per heavy atom. The number of aliphatic imine (C=N–C) groups is 1. The second-order valence-corrected chi connectivity index (χ2v) is 11.6. The first-order valence-corrected chi connectivity index (χ1v) is 15.2. The molecule has 0 unspecified atom stereocenters. The van der Waals surface area contributed by atoms with Gasteiger partial charge in [0.1, 0.15) is 5.65 Å². The van der Waals surface area contributed by atoms with Crippen molar-refractivity contribution >= 4 is 39.6 Å². The Labute approximate surface area is 260 Å². The van der Waals surface area contributed by atoms with Gasteiger partial charge in [-0.15, -0.1) is 0 Å². The summed E-state index contributed by atoms with van der Waals surface area (Å²) in [5.41, 5.74) is 18.2. The van der Waals surface area contributed by atoms with Crippen molar-refractivity contribution in [1.82, 2.24) is 14.9 Å². The van der Waals surface area contributed by atoms with Gasteiger partial charge in [-0.3, -0.25) is 9.79 Å². The highest BCUT2D eigenvalue weighted by Gasteiger charge is 2.23. The lowest BCUT2D eigenvalue weighted by atomic mass is 9.90. The fourth-order valence-electron chi connectivity index (χ4n) is 5.89. The summed E-state index contributed by atoms with van der Waals surface area (Å²) >= 11 is 0. The second kappa shape index (κ2) is 12.9. The van der Waals surface area contributed by atoms with Gasteiger partial charge in [-0.05, 0) is 74.7 Å². The molecule has 1 amide bonds. The number of rotatable bonds is 8. The van der Waals surface area contributed by atoms with Crippen LogP contribution in [0.25, 0.3) is 39.0 Å². The highest BCUT2D eigenvalue weighted by Crippen LogP contribution is 2.42. The highest BCUT2D eigenvalue weighted by molar-refractivity contribution is 6.24. The Balaban J connectivity index is 1.73. The number of likely N-dealkylation sites (N-methyl/N-ethyl adjacent to an activating group) is 1. The van der Waals surface area contributed by atoms with Crippen molar-refractivity contribution < 1.29 is 4.79 Å². The number of amides is 1. The third-order valence-electron chi connectivity index (χ3n) is 8.65. The molecule has 8 nitrogen and oxygen atoms in total. The monoisotopic (exact) mass is 589 g/mol. The largest absolute Gasteiger partial charge is 0.404 e. The molecule has 228 valence electrons. The van der Waals surface area contributed by atoms with Crippen molar-refractivity contribution in [2.45, 2.75) is 34.1 Å². The molecule has 1 fully saturated rings. The van der Waals surface area contributed by atoms with E-state index in [0.29, 0.717) is 5.57 Å². The van der Waals surface area contributed by atoms with Gasteiger partial charge in [-0.2, -0.15) is 0 Å². The summed E-state index contributed by atoms with van der Waals surface area (Å²) in [6.45, 7) is 15.8. The van der Waals surface area contributed by atoms with Crippen LogP contribution in [0.3, 0.4) is 0 Å². The van der Waals surface area contributed by atoms with Crippen molar-refractivity contribution in [3.05, 3.63) is 83.7 Å². The number of pyridine rings is 1. The molecule has 5 rings (SSSR count). The second-order valence-electron chi connectivity index (χ2n) is 11.6. The minimum absolute atomic E-state index is 0.200. The summed E-state index contributed by atoms with van der Waals surface area (Å²) < 4.78 is 0. The van der Waals surface area contributed by atoms with Crippen LogP contribution in [0.1, 0.15) is 37.5 Å². The number of aromatic amines is 1. The number of nitrogens with zero attached hydrogens (tertiary/aromatic N) is 4. The first kappa shape index (κ1) is 30.8. The number of hydrogen-bond donors (Lipinski definition) is 3. The third kappa shape index (κ3) is 5.90. The van der Waals surface area contributed by atoms with E-state index >= 15 is 0 Å². The van der Waals surface area contributed by atoms with Crippen molar-refractivity contribution in [3.8, 4) is 22.4 Å². The lowest BCUT2D eigenvalue weighted by molar-refractivity contribution is -0.112. The third-order valence-corrected chi connectivity index (χ3v) is 8.65. The Kier molecular flexibility index (Phi) is 9.01. The predicted molar refractivity (Wildman–Crippen MR) is 185 cm³/mol. The summed E-state index contributed by atoms with van der Waals surface area (Å²) in [5.74, 6) is -0.200. The summed E-state index contributed by atoms with van der Waals surface area (Å²) in [7, 11) is 3.94. The Bertz CT molecular complexity index is 1770. The van der Waals surface area contributed by atoms with Gasteiger partial charge in [0.2, 0.25) is 0 Å². The quantitative estimate of drug-likeness (QED) is 0.163. The molecule has 2 aromatic heterocycles. The average Bonchev–Trinajstić information content (AvgIpc) is 3.42. The number of carbonyl (C=O) groups is 1. The van der Waals surface area contributed by atoms with Crippen LogP contribution < -0.4 is 16.0 Å². The first-order chi connectivity index (χ1) is 21.2. The lowest BCUT2D eigenvalue weighted by Gasteiger charge is -2.34. The molecule has 1 saturated heterocycles. The minimum atomic E-state index is -0.200. The maximum Gasteiger partial charge on any atom is 0.250 e. The number of piperazine rings is 1. The molecule has 8 heteroatoms. The van der Waals surface area contributed by atoms with Gasteiger partial charge in [0.05, 0.1) is 5.69 Å². The van der Waals surface area contributed by atoms with E-state index in [-0.39, 0.29) is 5.91 Å². The molecule has 0 saturated carbocycles. The van der Waals surface area contributed by atoms with Gasteiger partial charge in [-0.25, -0.2) is 4.98 Å². The predicted octanol–water partition coefficient (Wildman–Crippen LogP) is 6.42. The Morgan fingerprint density at radius 1 is 1.11 bits per heavy atom. The van der Waals surface area contributed by atoms with Gasteiger partial charge in [-0.1, -0.05) is 37.8 Å². The smallest absolute Gasteiger partial charge is 0.250 e. The molecule has 0 atom stereocenters. The highest BCUT2D eigenvalue weighted by atomic mass is 16.1. The molecule has 2 aromatic carbocycles. The summed E-state index contributed by atoms with van der Waals surface area (Å²) in [6.07, 6.45) is 4.27. The summed E-state index contributed by atoms with van der Waals surface area (Å²) in [4.78, 5) is 30.4. The fraction of sp³-hybridized carbons (Fsp3) is 0.306. The van der Waals surface area contributed by atoms with Gasteiger partial charge < -0.3 is 25.8 Å². The van der Waals surface area contributed by atoms with Crippen molar-refractivity contribution in [2.75, 3.05) is 50.5 Å². The normalized spacial score (nSPS) is 14.7. The van der Waals surface area contributed by atoms with Gasteiger partial charge >= 0.3 is 0 Å². The molecule has 4 N–H and O–H groups in total. The SMILES string of the molecule is C=C(C)C(=O)Nc1cc(-c2c(-c3ccc(N4CCN(C)CC4)cc3)[nH]c3ncc(/C(=C/N)C(C)=NC)c(CC)c23)ccc1C. The molecular weight excluding hydrogens is 546 g/mol. The van der Waals surface area contributed by atoms with E-state index in [1.54, 1.807) is 20.2 Å². The van der Waals surface area contributed by atoms with Gasteiger partial charge in [0.25, 0.3) is 5.91 Å². The molecule has 1 aliphatic heterocycles. The van der Waals surface area contributed by atoms with Crippen LogP contribution >= 0.6 is 0 Å². The van der Waals surface area contributed by atoms with Gasteiger partial charge in [0, 0.05) is 90.4 Å². The maximum atomic E-state index is 12.6. The number of allylic oxidation sites excluding steroid dienone is 1. The zero-order valence-corrected chi connectivity index (χ0v) is 26.7. The van der Waals surface area contributed by atoms with Crippen LogP contribution in [-0.4, -0.2) is 66.8 Å². The number of aryl methyl sites for hydroxylation is 2. The first-order valence-electron chi connectivity index (χ1n) is 15.2. The Hall–Kier alpha value is -4.69. The van der Waals surface area contributed by atoms with E-state index in [1.165, 1.54) is 5.69 Å². The van der Waals surface area contributed by atoms with Crippen LogP contribution in [0.15, 0.2) is 72.0 Å². The number of benzene rings is 2. The number of H-pyrrole nitrogens is 1. The van der Waals surface area contributed by atoms with E-state index < -0.39 is 0 Å². The van der Waals surface area contributed by atoms with Crippen molar-refractivity contribution in [3.63, 3.8) is 0 Å². The van der Waals surface area contributed by atoms with E-state index in [9.17, 15) is 4.79 Å². The van der Waals surface area contributed by atoms with E-state index in [0.717, 1.165) is 99.7 Å². The minimum Gasteiger partial charge on any atom is -0.404 e. The van der Waals surface area contributed by atoms with E-state index in [2.05, 4.69) is 76.0 Å². The molecule has 0 spiro atoms. The molecule has 0 radical (unpaired) electrons. The lowest BCUT2D eigenvalue weighted by Crippen LogP contribution is -2.44. The molecule has 3 heterocycles. The zero-order valence-electron chi connectivity index (χ0n) is 26.7. The van der Waals surface area contributed by atoms with Crippen LogP contribution in [0.4, 0.5) is 11.4 Å². The number of nitrogens with one attached hydrogen (secondary N) is 2. The standard InChI is InChI=1S/C36H43N7O/c1-8-28-30(29(20-37)24(5)38-6)21-39-35-33(28)32(26-10-9-23(4)31(19-26)40-36(44)22(2)3)34(41-35)25-11-13-27(14-12-25)43-17-15-42(7)16-18-43/h9-14,19-21H,2,8,15-18,37H2,1,3-7H3,(H,39,41)(H,40,44)/b29-20+,38-24?. The van der Waals surface area contributed by atoms with Crippen LogP contribution in [-0.2, 0) is 11.2 Å². The Morgan fingerprint density at radius 2 is 1.80 bits per heavy atom. The number of nitrogens with two attached hydrogens (primary N) is 1. The molecule has 0 bridgehead atoms. The molecular formula is C36H43N7O. The maximum absolute atomic E-state index is 12.6.